The van der Waals surface area contributed by atoms with Gasteiger partial charge in [-0.15, -0.1) is 0 Å². The summed E-state index contributed by atoms with van der Waals surface area (Å²) in [6.45, 7) is 9.66. The lowest BCUT2D eigenvalue weighted by molar-refractivity contribution is 0.290. The highest BCUT2D eigenvalue weighted by Crippen LogP contribution is 2.24. The molecule has 1 aromatic rings. The Labute approximate surface area is 110 Å². The van der Waals surface area contributed by atoms with Crippen molar-refractivity contribution in [3.8, 4) is 11.8 Å². The van der Waals surface area contributed by atoms with E-state index in [0.717, 1.165) is 12.3 Å². The van der Waals surface area contributed by atoms with Gasteiger partial charge in [0.1, 0.15) is 18.4 Å². The summed E-state index contributed by atoms with van der Waals surface area (Å²) in [5.74, 6) is 0.807. The summed E-state index contributed by atoms with van der Waals surface area (Å²) >= 11 is 0. The van der Waals surface area contributed by atoms with Crippen molar-refractivity contribution in [1.82, 2.24) is 5.32 Å². The number of nitrogens with one attached hydrogen (secondary N) is 1. The fourth-order valence-electron chi connectivity index (χ4n) is 1.62. The van der Waals surface area contributed by atoms with Crippen molar-refractivity contribution in [3.05, 3.63) is 29.8 Å². The molecule has 0 aromatic heterocycles. The molecule has 1 N–H and O–H groups in total. The fraction of sp³-hybridized carbons (Fsp3) is 0.533. The minimum absolute atomic E-state index is 0.150. The maximum atomic E-state index is 8.89. The number of likely N-dealkylation sites (N-methyl/N-ethyl adjacent to an activating group) is 1. The average molecular weight is 246 g/mol. The molecule has 1 atom stereocenters. The third-order valence-corrected chi connectivity index (χ3v) is 2.74. The molecule has 0 aliphatic carbocycles. The number of ether oxygens (including phenoxy) is 1. The summed E-state index contributed by atoms with van der Waals surface area (Å²) in [6, 6.07) is 9.99. The number of nitrogens with zero attached hydrogens (tertiary/aromatic N) is 1. The standard InChI is InChI=1S/C15H22N2O/c1-5-17-13(10-16)11-18-14-8-6-12(7-9-14)15(2,3)4/h6-9,13,17H,5,11H2,1-4H3. The lowest BCUT2D eigenvalue weighted by atomic mass is 9.87. The third-order valence-electron chi connectivity index (χ3n) is 2.74. The Hall–Kier alpha value is -1.53. The molecular formula is C15H22N2O. The van der Waals surface area contributed by atoms with Crippen molar-refractivity contribution in [2.75, 3.05) is 13.2 Å². The molecular weight excluding hydrogens is 224 g/mol. The first-order chi connectivity index (χ1) is 8.47. The second kappa shape index (κ2) is 6.42. The van der Waals surface area contributed by atoms with Crippen LogP contribution in [0, 0.1) is 11.3 Å². The number of benzene rings is 1. The number of rotatable bonds is 5. The van der Waals surface area contributed by atoms with Crippen molar-refractivity contribution < 1.29 is 4.74 Å². The molecule has 0 aliphatic heterocycles. The zero-order chi connectivity index (χ0) is 13.6. The lowest BCUT2D eigenvalue weighted by Gasteiger charge is -2.19. The number of nitriles is 1. The average Bonchev–Trinajstić information content (AvgIpc) is 2.34. The van der Waals surface area contributed by atoms with Crippen LogP contribution < -0.4 is 10.1 Å². The minimum atomic E-state index is -0.253. The summed E-state index contributed by atoms with van der Waals surface area (Å²) in [4.78, 5) is 0. The maximum absolute atomic E-state index is 8.89. The van der Waals surface area contributed by atoms with E-state index in [9.17, 15) is 0 Å². The predicted molar refractivity (Wildman–Crippen MR) is 73.7 cm³/mol. The highest BCUT2D eigenvalue weighted by molar-refractivity contribution is 5.31. The molecule has 0 aliphatic rings. The SMILES string of the molecule is CCNC(C#N)COc1ccc(C(C)(C)C)cc1. The maximum Gasteiger partial charge on any atom is 0.130 e. The molecule has 0 spiro atoms. The van der Waals surface area contributed by atoms with E-state index in [1.165, 1.54) is 5.56 Å². The molecule has 3 heteroatoms. The molecule has 0 amide bonds. The van der Waals surface area contributed by atoms with Gasteiger partial charge in [-0.25, -0.2) is 0 Å². The minimum Gasteiger partial charge on any atom is -0.491 e. The van der Waals surface area contributed by atoms with E-state index in [2.05, 4.69) is 44.3 Å². The van der Waals surface area contributed by atoms with E-state index in [0.29, 0.717) is 6.61 Å². The summed E-state index contributed by atoms with van der Waals surface area (Å²) in [5.41, 5.74) is 1.43. The van der Waals surface area contributed by atoms with Crippen LogP contribution in [0.4, 0.5) is 0 Å². The molecule has 0 radical (unpaired) electrons. The molecule has 1 unspecified atom stereocenters. The van der Waals surface area contributed by atoms with Crippen LogP contribution in [0.2, 0.25) is 0 Å². The van der Waals surface area contributed by atoms with Gasteiger partial charge in [0.25, 0.3) is 0 Å². The van der Waals surface area contributed by atoms with Gasteiger partial charge in [-0.3, -0.25) is 5.32 Å². The first-order valence-corrected chi connectivity index (χ1v) is 6.33. The molecule has 0 heterocycles. The highest BCUT2D eigenvalue weighted by Gasteiger charge is 2.13. The fourth-order valence-corrected chi connectivity index (χ4v) is 1.62. The van der Waals surface area contributed by atoms with Gasteiger partial charge in [-0.05, 0) is 29.7 Å². The second-order valence-corrected chi connectivity index (χ2v) is 5.32. The highest BCUT2D eigenvalue weighted by atomic mass is 16.5. The van der Waals surface area contributed by atoms with Crippen LogP contribution in [0.3, 0.4) is 0 Å². The van der Waals surface area contributed by atoms with E-state index >= 15 is 0 Å². The van der Waals surface area contributed by atoms with Crippen LogP contribution in [0.1, 0.15) is 33.3 Å². The number of hydrogen-bond acceptors (Lipinski definition) is 3. The van der Waals surface area contributed by atoms with Crippen molar-refractivity contribution >= 4 is 0 Å². The Kier molecular flexibility index (Phi) is 5.18. The van der Waals surface area contributed by atoms with E-state index in [1.807, 2.05) is 19.1 Å². The Bertz CT molecular complexity index is 398. The van der Waals surface area contributed by atoms with Gasteiger partial charge >= 0.3 is 0 Å². The predicted octanol–water partition coefficient (Wildman–Crippen LogP) is 2.86. The number of hydrogen-bond donors (Lipinski definition) is 1. The molecule has 1 rings (SSSR count). The summed E-state index contributed by atoms with van der Waals surface area (Å²) in [6.07, 6.45) is 0. The molecule has 0 saturated heterocycles. The lowest BCUT2D eigenvalue weighted by Crippen LogP contribution is -2.32. The van der Waals surface area contributed by atoms with Crippen molar-refractivity contribution in [3.63, 3.8) is 0 Å². The van der Waals surface area contributed by atoms with Gasteiger partial charge in [0.05, 0.1) is 6.07 Å². The Morgan fingerprint density at radius 2 is 1.89 bits per heavy atom. The second-order valence-electron chi connectivity index (χ2n) is 5.32. The van der Waals surface area contributed by atoms with Crippen molar-refractivity contribution in [1.29, 1.82) is 5.26 Å². The van der Waals surface area contributed by atoms with E-state index in [4.69, 9.17) is 10.00 Å². The van der Waals surface area contributed by atoms with E-state index < -0.39 is 0 Å². The van der Waals surface area contributed by atoms with Gasteiger partial charge in [0.2, 0.25) is 0 Å². The van der Waals surface area contributed by atoms with Crippen LogP contribution in [0.5, 0.6) is 5.75 Å². The molecule has 0 fully saturated rings. The first kappa shape index (κ1) is 14.5. The molecule has 3 nitrogen and oxygen atoms in total. The molecule has 1 aromatic carbocycles. The van der Waals surface area contributed by atoms with Crippen LogP contribution in [0.15, 0.2) is 24.3 Å². The Morgan fingerprint density at radius 1 is 1.28 bits per heavy atom. The van der Waals surface area contributed by atoms with Crippen molar-refractivity contribution in [2.24, 2.45) is 0 Å². The van der Waals surface area contributed by atoms with E-state index in [1.54, 1.807) is 0 Å². The first-order valence-electron chi connectivity index (χ1n) is 6.33. The largest absolute Gasteiger partial charge is 0.491 e. The van der Waals surface area contributed by atoms with Crippen LogP contribution >= 0.6 is 0 Å². The third kappa shape index (κ3) is 4.38. The molecule has 0 saturated carbocycles. The van der Waals surface area contributed by atoms with Gasteiger partial charge in [-0.2, -0.15) is 5.26 Å². The quantitative estimate of drug-likeness (QED) is 0.869. The monoisotopic (exact) mass is 246 g/mol. The zero-order valence-corrected chi connectivity index (χ0v) is 11.7. The van der Waals surface area contributed by atoms with Crippen molar-refractivity contribution in [2.45, 2.75) is 39.2 Å². The summed E-state index contributed by atoms with van der Waals surface area (Å²) in [7, 11) is 0. The van der Waals surface area contributed by atoms with Gasteiger partial charge in [-0.1, -0.05) is 39.8 Å². The van der Waals surface area contributed by atoms with Crippen LogP contribution in [0.25, 0.3) is 0 Å². The smallest absolute Gasteiger partial charge is 0.130 e. The normalized spacial score (nSPS) is 12.8. The van der Waals surface area contributed by atoms with Crippen LogP contribution in [-0.2, 0) is 5.41 Å². The van der Waals surface area contributed by atoms with Crippen LogP contribution in [-0.4, -0.2) is 19.2 Å². The Morgan fingerprint density at radius 3 is 2.33 bits per heavy atom. The molecule has 98 valence electrons. The van der Waals surface area contributed by atoms with Gasteiger partial charge < -0.3 is 4.74 Å². The van der Waals surface area contributed by atoms with E-state index in [-0.39, 0.29) is 11.5 Å². The zero-order valence-electron chi connectivity index (χ0n) is 11.7. The summed E-state index contributed by atoms with van der Waals surface area (Å²) in [5, 5.41) is 11.9. The molecule has 0 bridgehead atoms. The molecule has 18 heavy (non-hydrogen) atoms. The summed E-state index contributed by atoms with van der Waals surface area (Å²) < 4.78 is 5.59. The topological polar surface area (TPSA) is 45.0 Å². The van der Waals surface area contributed by atoms with Gasteiger partial charge in [0, 0.05) is 0 Å². The van der Waals surface area contributed by atoms with Gasteiger partial charge in [0.15, 0.2) is 0 Å². The Balaban J connectivity index is 2.57.